The summed E-state index contributed by atoms with van der Waals surface area (Å²) in [6.45, 7) is 2.42. The molecule has 23 heavy (non-hydrogen) atoms. The third-order valence-electron chi connectivity index (χ3n) is 4.27. The lowest BCUT2D eigenvalue weighted by Crippen LogP contribution is -2.55. The lowest BCUT2D eigenvalue weighted by atomic mass is 9.91. The number of hydrogen-bond donors (Lipinski definition) is 2. The first-order chi connectivity index (χ1) is 10.7. The second kappa shape index (κ2) is 7.86. The van der Waals surface area contributed by atoms with Crippen molar-refractivity contribution in [2.75, 3.05) is 33.4 Å². The Morgan fingerprint density at radius 2 is 2.04 bits per heavy atom. The molecule has 0 aromatic heterocycles. The van der Waals surface area contributed by atoms with Crippen LogP contribution in [0.25, 0.3) is 0 Å². The molecule has 3 rings (SSSR count). The smallest absolute Gasteiger partial charge is 0.252 e. The number of hydrogen-bond acceptors (Lipinski definition) is 5. The molecule has 2 aliphatic rings. The molecule has 1 aromatic carbocycles. The van der Waals surface area contributed by atoms with Gasteiger partial charge in [0.2, 0.25) is 0 Å². The standard InChI is InChI=1S/C16H22N2O4.ClH/c1-20-16(6-8-17-9-7-16)15(19)18-10-12-11-21-13-4-2-3-5-14(13)22-12;/h2-5,12,17H,6-11H2,1H3,(H,18,19);1H. The first-order valence-electron chi connectivity index (χ1n) is 7.66. The van der Waals surface area contributed by atoms with Crippen molar-refractivity contribution in [1.82, 2.24) is 10.6 Å². The van der Waals surface area contributed by atoms with Crippen molar-refractivity contribution in [3.8, 4) is 11.5 Å². The van der Waals surface area contributed by atoms with Crippen LogP contribution in [-0.4, -0.2) is 51.0 Å². The minimum absolute atomic E-state index is 0. The van der Waals surface area contributed by atoms with Gasteiger partial charge in [0.15, 0.2) is 11.5 Å². The number of rotatable bonds is 4. The van der Waals surface area contributed by atoms with Crippen molar-refractivity contribution in [1.29, 1.82) is 0 Å². The van der Waals surface area contributed by atoms with E-state index in [1.807, 2.05) is 24.3 Å². The first-order valence-corrected chi connectivity index (χ1v) is 7.66. The fourth-order valence-electron chi connectivity index (χ4n) is 2.89. The van der Waals surface area contributed by atoms with Crippen LogP contribution in [0, 0.1) is 0 Å². The van der Waals surface area contributed by atoms with E-state index in [2.05, 4.69) is 10.6 Å². The zero-order valence-electron chi connectivity index (χ0n) is 13.2. The zero-order valence-corrected chi connectivity index (χ0v) is 14.0. The van der Waals surface area contributed by atoms with Crippen molar-refractivity contribution in [2.24, 2.45) is 0 Å². The summed E-state index contributed by atoms with van der Waals surface area (Å²) in [5.74, 6) is 1.40. The van der Waals surface area contributed by atoms with Crippen molar-refractivity contribution < 1.29 is 19.0 Å². The van der Waals surface area contributed by atoms with Crippen LogP contribution in [0.5, 0.6) is 11.5 Å². The van der Waals surface area contributed by atoms with Gasteiger partial charge in [-0.25, -0.2) is 0 Å². The van der Waals surface area contributed by atoms with Crippen LogP contribution in [0.3, 0.4) is 0 Å². The molecule has 0 radical (unpaired) electrons. The van der Waals surface area contributed by atoms with Gasteiger partial charge in [0.05, 0.1) is 6.54 Å². The molecule has 0 bridgehead atoms. The van der Waals surface area contributed by atoms with Crippen LogP contribution >= 0.6 is 12.4 Å². The maximum atomic E-state index is 12.5. The minimum atomic E-state index is -0.724. The molecule has 1 aromatic rings. The predicted octanol–water partition coefficient (Wildman–Crippen LogP) is 1.13. The molecule has 1 atom stereocenters. The summed E-state index contributed by atoms with van der Waals surface area (Å²) in [6.07, 6.45) is 1.18. The molecular weight excluding hydrogens is 320 g/mol. The Labute approximate surface area is 142 Å². The highest BCUT2D eigenvalue weighted by molar-refractivity contribution is 5.85. The summed E-state index contributed by atoms with van der Waals surface area (Å²) < 4.78 is 17.0. The second-order valence-corrected chi connectivity index (χ2v) is 5.66. The molecule has 2 aliphatic heterocycles. The molecule has 0 aliphatic carbocycles. The minimum Gasteiger partial charge on any atom is -0.486 e. The third kappa shape index (κ3) is 3.88. The fraction of sp³-hybridized carbons (Fsp3) is 0.562. The predicted molar refractivity (Wildman–Crippen MR) is 88.5 cm³/mol. The quantitative estimate of drug-likeness (QED) is 0.858. The summed E-state index contributed by atoms with van der Waals surface area (Å²) in [7, 11) is 1.60. The van der Waals surface area contributed by atoms with Crippen LogP contribution in [0.15, 0.2) is 24.3 Å². The van der Waals surface area contributed by atoms with Gasteiger partial charge in [-0.15, -0.1) is 12.4 Å². The molecule has 2 heterocycles. The van der Waals surface area contributed by atoms with E-state index in [0.29, 0.717) is 26.0 Å². The number of fused-ring (bicyclic) bond motifs is 1. The number of amides is 1. The largest absolute Gasteiger partial charge is 0.486 e. The topological polar surface area (TPSA) is 68.8 Å². The van der Waals surface area contributed by atoms with Gasteiger partial charge in [-0.05, 0) is 38.1 Å². The number of ether oxygens (including phenoxy) is 3. The van der Waals surface area contributed by atoms with E-state index in [-0.39, 0.29) is 24.4 Å². The molecule has 0 saturated carbocycles. The Bertz CT molecular complexity index is 535. The number of carbonyl (C=O) groups is 1. The molecule has 128 valence electrons. The third-order valence-corrected chi connectivity index (χ3v) is 4.27. The molecule has 7 heteroatoms. The number of para-hydroxylation sites is 2. The number of halogens is 1. The summed E-state index contributed by atoms with van der Waals surface area (Å²) >= 11 is 0. The Morgan fingerprint density at radius 1 is 1.35 bits per heavy atom. The van der Waals surface area contributed by atoms with E-state index >= 15 is 0 Å². The van der Waals surface area contributed by atoms with Crippen molar-refractivity contribution in [3.05, 3.63) is 24.3 Å². The Balaban J connectivity index is 0.00000192. The summed E-state index contributed by atoms with van der Waals surface area (Å²) in [6, 6.07) is 7.55. The molecule has 1 fully saturated rings. The van der Waals surface area contributed by atoms with Gasteiger partial charge in [0.1, 0.15) is 18.3 Å². The van der Waals surface area contributed by atoms with Gasteiger partial charge in [-0.3, -0.25) is 4.79 Å². The Morgan fingerprint density at radius 3 is 2.74 bits per heavy atom. The summed E-state index contributed by atoms with van der Waals surface area (Å²) in [5, 5.41) is 6.19. The van der Waals surface area contributed by atoms with Gasteiger partial charge in [-0.2, -0.15) is 0 Å². The van der Waals surface area contributed by atoms with E-state index < -0.39 is 5.60 Å². The van der Waals surface area contributed by atoms with E-state index in [9.17, 15) is 4.79 Å². The van der Waals surface area contributed by atoms with E-state index in [0.717, 1.165) is 24.6 Å². The number of carbonyl (C=O) groups excluding carboxylic acids is 1. The lowest BCUT2D eigenvalue weighted by molar-refractivity contribution is -0.147. The number of piperidine rings is 1. The maximum absolute atomic E-state index is 12.5. The van der Waals surface area contributed by atoms with Gasteiger partial charge in [0.25, 0.3) is 5.91 Å². The van der Waals surface area contributed by atoms with Gasteiger partial charge < -0.3 is 24.8 Å². The highest BCUT2D eigenvalue weighted by atomic mass is 35.5. The molecule has 1 amide bonds. The van der Waals surface area contributed by atoms with E-state index in [4.69, 9.17) is 14.2 Å². The molecule has 2 N–H and O–H groups in total. The number of benzene rings is 1. The fourth-order valence-corrected chi connectivity index (χ4v) is 2.89. The van der Waals surface area contributed by atoms with Gasteiger partial charge >= 0.3 is 0 Å². The van der Waals surface area contributed by atoms with Crippen LogP contribution in [0.1, 0.15) is 12.8 Å². The van der Waals surface area contributed by atoms with Gasteiger partial charge in [-0.1, -0.05) is 12.1 Å². The maximum Gasteiger partial charge on any atom is 0.252 e. The average molecular weight is 343 g/mol. The molecule has 1 saturated heterocycles. The SMILES string of the molecule is COC1(C(=O)NCC2COc3ccccc3O2)CCNCC1.Cl. The lowest BCUT2D eigenvalue weighted by Gasteiger charge is -2.35. The van der Waals surface area contributed by atoms with Gasteiger partial charge in [0, 0.05) is 7.11 Å². The molecule has 1 unspecified atom stereocenters. The van der Waals surface area contributed by atoms with E-state index in [1.54, 1.807) is 7.11 Å². The molecule has 0 spiro atoms. The van der Waals surface area contributed by atoms with E-state index in [1.165, 1.54) is 0 Å². The second-order valence-electron chi connectivity index (χ2n) is 5.66. The summed E-state index contributed by atoms with van der Waals surface area (Å²) in [5.41, 5.74) is -0.724. The Kier molecular flexibility index (Phi) is 6.10. The van der Waals surface area contributed by atoms with Crippen LogP contribution in [0.2, 0.25) is 0 Å². The highest BCUT2D eigenvalue weighted by Crippen LogP contribution is 2.30. The first kappa shape index (κ1) is 17.8. The van der Waals surface area contributed by atoms with Crippen molar-refractivity contribution in [3.63, 3.8) is 0 Å². The number of nitrogens with one attached hydrogen (secondary N) is 2. The summed E-state index contributed by atoms with van der Waals surface area (Å²) in [4.78, 5) is 12.5. The van der Waals surface area contributed by atoms with Crippen molar-refractivity contribution >= 4 is 18.3 Å². The monoisotopic (exact) mass is 342 g/mol. The number of methoxy groups -OCH3 is 1. The normalized spacial score (nSPS) is 21.9. The molecular formula is C16H23ClN2O4. The molecule has 6 nitrogen and oxygen atoms in total. The highest BCUT2D eigenvalue weighted by Gasteiger charge is 2.39. The average Bonchev–Trinajstić information content (AvgIpc) is 2.60. The Hall–Kier alpha value is -1.50. The van der Waals surface area contributed by atoms with Crippen LogP contribution < -0.4 is 20.1 Å². The zero-order chi connectivity index (χ0) is 15.4. The van der Waals surface area contributed by atoms with Crippen LogP contribution in [-0.2, 0) is 9.53 Å². The van der Waals surface area contributed by atoms with Crippen LogP contribution in [0.4, 0.5) is 0 Å². The van der Waals surface area contributed by atoms with Crippen molar-refractivity contribution in [2.45, 2.75) is 24.5 Å².